The zero-order chi connectivity index (χ0) is 16.8. The van der Waals surface area contributed by atoms with Gasteiger partial charge in [-0.1, -0.05) is 59.6 Å². The van der Waals surface area contributed by atoms with Gasteiger partial charge in [-0.05, 0) is 12.1 Å². The number of amides is 2. The summed E-state index contributed by atoms with van der Waals surface area (Å²) in [5.74, 6) is -0.707. The molecule has 2 aromatic carbocycles. The SMILES string of the molecule is O=C1NC(c2ccccc2Cl)=C2C(=O)NC(c3ccccc3Cl)=C12. The van der Waals surface area contributed by atoms with E-state index in [2.05, 4.69) is 10.6 Å². The first kappa shape index (κ1) is 15.0. The summed E-state index contributed by atoms with van der Waals surface area (Å²) in [5.41, 5.74) is 2.63. The van der Waals surface area contributed by atoms with Gasteiger partial charge in [0.25, 0.3) is 11.8 Å². The number of hydrogen-bond acceptors (Lipinski definition) is 2. The molecule has 0 fully saturated rings. The molecule has 0 atom stereocenters. The highest BCUT2D eigenvalue weighted by molar-refractivity contribution is 6.36. The monoisotopic (exact) mass is 356 g/mol. The fourth-order valence-corrected chi connectivity index (χ4v) is 3.37. The van der Waals surface area contributed by atoms with Crippen molar-refractivity contribution in [2.24, 2.45) is 0 Å². The number of rotatable bonds is 2. The second-order valence-corrected chi connectivity index (χ2v) is 6.18. The molecule has 2 aliphatic rings. The van der Waals surface area contributed by atoms with Crippen molar-refractivity contribution in [3.63, 3.8) is 0 Å². The van der Waals surface area contributed by atoms with Gasteiger partial charge in [0.1, 0.15) is 0 Å². The molecule has 4 nitrogen and oxygen atoms in total. The Kier molecular flexibility index (Phi) is 3.44. The molecule has 2 aromatic rings. The van der Waals surface area contributed by atoms with Crippen LogP contribution in [-0.2, 0) is 9.59 Å². The van der Waals surface area contributed by atoms with Crippen LogP contribution < -0.4 is 10.6 Å². The number of benzene rings is 2. The summed E-state index contributed by atoms with van der Waals surface area (Å²) < 4.78 is 0. The maximum absolute atomic E-state index is 12.5. The summed E-state index contributed by atoms with van der Waals surface area (Å²) in [6.45, 7) is 0. The van der Waals surface area contributed by atoms with Crippen LogP contribution >= 0.6 is 23.2 Å². The average Bonchev–Trinajstić information content (AvgIpc) is 3.08. The van der Waals surface area contributed by atoms with Crippen LogP contribution in [0.5, 0.6) is 0 Å². The van der Waals surface area contributed by atoms with E-state index in [-0.39, 0.29) is 11.8 Å². The highest BCUT2D eigenvalue weighted by atomic mass is 35.5. The van der Waals surface area contributed by atoms with Gasteiger partial charge in [-0.2, -0.15) is 0 Å². The molecule has 0 saturated carbocycles. The summed E-state index contributed by atoms with van der Waals surface area (Å²) in [4.78, 5) is 25.0. The minimum atomic E-state index is -0.354. The van der Waals surface area contributed by atoms with Gasteiger partial charge in [0.05, 0.1) is 22.5 Å². The molecule has 0 aromatic heterocycles. The number of halogens is 2. The third kappa shape index (κ3) is 2.15. The Morgan fingerprint density at radius 1 is 0.625 bits per heavy atom. The Bertz CT molecular complexity index is 897. The molecule has 0 spiro atoms. The van der Waals surface area contributed by atoms with Crippen molar-refractivity contribution in [3.8, 4) is 0 Å². The lowest BCUT2D eigenvalue weighted by atomic mass is 10.0. The fraction of sp³-hybridized carbons (Fsp3) is 0. The Labute approximate surface area is 147 Å². The second-order valence-electron chi connectivity index (χ2n) is 5.37. The predicted octanol–water partition coefficient (Wildman–Crippen LogP) is 3.38. The van der Waals surface area contributed by atoms with Crippen LogP contribution in [0.2, 0.25) is 10.0 Å². The highest BCUT2D eigenvalue weighted by Crippen LogP contribution is 2.40. The van der Waals surface area contributed by atoms with Crippen LogP contribution in [0.4, 0.5) is 0 Å². The summed E-state index contributed by atoms with van der Waals surface area (Å²) in [7, 11) is 0. The van der Waals surface area contributed by atoms with Crippen molar-refractivity contribution in [2.45, 2.75) is 0 Å². The zero-order valence-corrected chi connectivity index (χ0v) is 13.7. The van der Waals surface area contributed by atoms with Gasteiger partial charge < -0.3 is 10.6 Å². The summed E-state index contributed by atoms with van der Waals surface area (Å²) in [6.07, 6.45) is 0. The lowest BCUT2D eigenvalue weighted by Crippen LogP contribution is -2.21. The van der Waals surface area contributed by atoms with Gasteiger partial charge in [-0.25, -0.2) is 0 Å². The third-order valence-corrected chi connectivity index (χ3v) is 4.63. The van der Waals surface area contributed by atoms with Crippen LogP contribution in [-0.4, -0.2) is 11.8 Å². The van der Waals surface area contributed by atoms with Crippen molar-refractivity contribution >= 4 is 46.4 Å². The van der Waals surface area contributed by atoms with Crippen molar-refractivity contribution in [2.75, 3.05) is 0 Å². The summed E-state index contributed by atoms with van der Waals surface area (Å²) in [6, 6.07) is 14.1. The molecule has 118 valence electrons. The van der Waals surface area contributed by atoms with E-state index in [1.807, 2.05) is 0 Å². The normalized spacial score (nSPS) is 16.4. The first-order valence-corrected chi connectivity index (χ1v) is 7.95. The molecular weight excluding hydrogens is 347 g/mol. The lowest BCUT2D eigenvalue weighted by molar-refractivity contribution is -0.117. The second kappa shape index (κ2) is 5.51. The first-order valence-electron chi connectivity index (χ1n) is 7.19. The maximum Gasteiger partial charge on any atom is 0.258 e. The quantitative estimate of drug-likeness (QED) is 0.866. The zero-order valence-electron chi connectivity index (χ0n) is 12.2. The van der Waals surface area contributed by atoms with E-state index in [1.165, 1.54) is 0 Å². The van der Waals surface area contributed by atoms with Crippen LogP contribution in [0.3, 0.4) is 0 Å². The molecule has 0 unspecified atom stereocenters. The van der Waals surface area contributed by atoms with Crippen molar-refractivity contribution in [3.05, 3.63) is 80.8 Å². The Hall–Kier alpha value is -2.56. The molecule has 2 amide bonds. The number of fused-ring (bicyclic) bond motifs is 1. The van der Waals surface area contributed by atoms with Crippen LogP contribution in [0, 0.1) is 0 Å². The standard InChI is InChI=1S/C18H10Cl2N2O2/c19-11-7-3-1-5-9(11)15-13-14(18(24)21-15)16(22-17(13)23)10-6-2-4-8-12(10)20/h1-8H,(H,21,24)(H,22,23). The van der Waals surface area contributed by atoms with Crippen molar-refractivity contribution < 1.29 is 9.59 Å². The molecular formula is C18H10Cl2N2O2. The van der Waals surface area contributed by atoms with Gasteiger partial charge in [-0.15, -0.1) is 0 Å². The number of nitrogens with one attached hydrogen (secondary N) is 2. The largest absolute Gasteiger partial charge is 0.321 e. The molecule has 0 aliphatic carbocycles. The highest BCUT2D eigenvalue weighted by Gasteiger charge is 2.41. The van der Waals surface area contributed by atoms with Crippen LogP contribution in [0.1, 0.15) is 11.1 Å². The van der Waals surface area contributed by atoms with Gasteiger partial charge in [0.2, 0.25) is 0 Å². The van der Waals surface area contributed by atoms with E-state index in [0.29, 0.717) is 43.7 Å². The van der Waals surface area contributed by atoms with E-state index >= 15 is 0 Å². The summed E-state index contributed by atoms with van der Waals surface area (Å²) >= 11 is 12.4. The number of hydrogen-bond donors (Lipinski definition) is 2. The minimum Gasteiger partial charge on any atom is -0.321 e. The van der Waals surface area contributed by atoms with E-state index < -0.39 is 0 Å². The Morgan fingerprint density at radius 2 is 1.00 bits per heavy atom. The smallest absolute Gasteiger partial charge is 0.258 e. The van der Waals surface area contributed by atoms with Crippen LogP contribution in [0.15, 0.2) is 59.7 Å². The molecule has 0 bridgehead atoms. The summed E-state index contributed by atoms with van der Waals surface area (Å²) in [5, 5.41) is 6.43. The molecule has 6 heteroatoms. The Balaban J connectivity index is 1.96. The minimum absolute atomic E-state index is 0.294. The number of carbonyl (C=O) groups excluding carboxylic acids is 2. The molecule has 2 N–H and O–H groups in total. The molecule has 0 saturated heterocycles. The topological polar surface area (TPSA) is 58.2 Å². The van der Waals surface area contributed by atoms with Gasteiger partial charge in [-0.3, -0.25) is 9.59 Å². The lowest BCUT2D eigenvalue weighted by Gasteiger charge is -2.09. The van der Waals surface area contributed by atoms with Crippen molar-refractivity contribution in [1.29, 1.82) is 0 Å². The van der Waals surface area contributed by atoms with Crippen LogP contribution in [0.25, 0.3) is 11.4 Å². The first-order chi connectivity index (χ1) is 11.6. The molecule has 24 heavy (non-hydrogen) atoms. The Morgan fingerprint density at radius 3 is 1.38 bits per heavy atom. The number of carbonyl (C=O) groups is 2. The van der Waals surface area contributed by atoms with E-state index in [4.69, 9.17) is 23.2 Å². The van der Waals surface area contributed by atoms with Crippen molar-refractivity contribution in [1.82, 2.24) is 10.6 Å². The van der Waals surface area contributed by atoms with Gasteiger partial charge in [0.15, 0.2) is 0 Å². The van der Waals surface area contributed by atoms with Gasteiger partial charge in [0, 0.05) is 21.2 Å². The van der Waals surface area contributed by atoms with E-state index in [0.717, 1.165) is 0 Å². The molecule has 2 aliphatic heterocycles. The van der Waals surface area contributed by atoms with E-state index in [1.54, 1.807) is 48.5 Å². The third-order valence-electron chi connectivity index (χ3n) is 3.97. The predicted molar refractivity (Wildman–Crippen MR) is 93.0 cm³/mol. The fourth-order valence-electron chi connectivity index (χ4n) is 2.91. The maximum atomic E-state index is 12.5. The molecule has 2 heterocycles. The molecule has 4 rings (SSSR count). The molecule has 0 radical (unpaired) electrons. The average molecular weight is 357 g/mol. The van der Waals surface area contributed by atoms with Gasteiger partial charge >= 0.3 is 0 Å². The van der Waals surface area contributed by atoms with E-state index in [9.17, 15) is 9.59 Å².